The molecular weight excluding hydrogens is 525 g/mol. The molecule has 202 valence electrons. The zero-order valence-electron chi connectivity index (χ0n) is 21.7. The molecule has 1 N–H and O–H groups in total. The number of hydrogen-bond acceptors (Lipinski definition) is 7. The Bertz CT molecular complexity index is 1420. The van der Waals surface area contributed by atoms with E-state index in [0.29, 0.717) is 47.2 Å². The summed E-state index contributed by atoms with van der Waals surface area (Å²) in [4.78, 5) is 26.5. The minimum absolute atomic E-state index is 0.0610. The minimum Gasteiger partial charge on any atom is -0.393 e. The van der Waals surface area contributed by atoms with E-state index < -0.39 is 0 Å². The molecular formula is C27H33Cl2N7O2. The summed E-state index contributed by atoms with van der Waals surface area (Å²) in [5.74, 6) is 2.49. The van der Waals surface area contributed by atoms with E-state index in [2.05, 4.69) is 39.1 Å². The van der Waals surface area contributed by atoms with Crippen molar-refractivity contribution in [3.8, 4) is 0 Å². The number of aliphatic hydroxyl groups excluding tert-OH is 1. The van der Waals surface area contributed by atoms with Crippen LogP contribution in [0.25, 0.3) is 11.2 Å². The van der Waals surface area contributed by atoms with E-state index in [9.17, 15) is 9.90 Å². The largest absolute Gasteiger partial charge is 0.393 e. The molecule has 7 rings (SSSR count). The molecule has 3 aromatic rings. The average molecular weight is 559 g/mol. The van der Waals surface area contributed by atoms with Gasteiger partial charge in [-0.2, -0.15) is 4.98 Å². The summed E-state index contributed by atoms with van der Waals surface area (Å²) >= 11 is 12.2. The van der Waals surface area contributed by atoms with Crippen molar-refractivity contribution < 1.29 is 9.90 Å². The van der Waals surface area contributed by atoms with Gasteiger partial charge in [-0.1, -0.05) is 30.7 Å². The van der Waals surface area contributed by atoms with Crippen LogP contribution in [-0.2, 0) is 11.3 Å². The first-order chi connectivity index (χ1) is 18.2. The van der Waals surface area contributed by atoms with Gasteiger partial charge in [-0.25, -0.2) is 14.6 Å². The summed E-state index contributed by atoms with van der Waals surface area (Å²) in [7, 11) is 0. The maximum Gasteiger partial charge on any atom is 0.225 e. The van der Waals surface area contributed by atoms with Crippen molar-refractivity contribution >= 4 is 40.1 Å². The van der Waals surface area contributed by atoms with E-state index in [1.807, 2.05) is 10.8 Å². The maximum absolute atomic E-state index is 13.9. The summed E-state index contributed by atoms with van der Waals surface area (Å²) in [6.07, 6.45) is 11.6. The van der Waals surface area contributed by atoms with Gasteiger partial charge in [0.25, 0.3) is 0 Å². The van der Waals surface area contributed by atoms with Crippen molar-refractivity contribution in [3.63, 3.8) is 0 Å². The molecule has 3 heterocycles. The molecule has 0 aliphatic heterocycles. The van der Waals surface area contributed by atoms with Gasteiger partial charge in [-0.3, -0.25) is 4.79 Å². The van der Waals surface area contributed by atoms with Crippen molar-refractivity contribution in [1.29, 1.82) is 0 Å². The number of nitrogens with zero attached hydrogens (tertiary/aromatic N) is 7. The number of imidazole rings is 1. The van der Waals surface area contributed by atoms with E-state index in [1.165, 1.54) is 12.8 Å². The SMILES string of the molecule is C[C@]12CC[C@H](O)C[C@@H]1CC[C@@H]1[C@@H]2CC[C@]2(C)C(=O)[C@@H](n3cc(Cn4cnc5c(Cl)nc(Cl)nc54)nn3)C[C@@H]12. The Labute approximate surface area is 231 Å². The average Bonchev–Trinajstić information content (AvgIpc) is 3.57. The number of carbonyl (C=O) groups excluding carboxylic acids is 1. The van der Waals surface area contributed by atoms with E-state index >= 15 is 0 Å². The van der Waals surface area contributed by atoms with Crippen molar-refractivity contribution in [2.24, 2.45) is 34.5 Å². The van der Waals surface area contributed by atoms with Gasteiger partial charge in [-0.05, 0) is 92.1 Å². The molecule has 4 aliphatic rings. The number of Topliss-reactive ketones (excluding diaryl/α,β-unsaturated/α-hetero) is 1. The number of hydrogen-bond donors (Lipinski definition) is 1. The van der Waals surface area contributed by atoms with E-state index in [-0.39, 0.29) is 33.4 Å². The first kappa shape index (κ1) is 24.9. The number of rotatable bonds is 3. The Morgan fingerprint density at radius 2 is 1.92 bits per heavy atom. The molecule has 38 heavy (non-hydrogen) atoms. The number of fused-ring (bicyclic) bond motifs is 6. The van der Waals surface area contributed by atoms with Gasteiger partial charge in [0.1, 0.15) is 17.3 Å². The molecule has 0 aromatic carbocycles. The van der Waals surface area contributed by atoms with Gasteiger partial charge in [0.2, 0.25) is 5.28 Å². The van der Waals surface area contributed by atoms with Crippen LogP contribution in [-0.4, -0.2) is 51.5 Å². The fourth-order valence-electron chi connectivity index (χ4n) is 8.97. The Morgan fingerprint density at radius 3 is 2.76 bits per heavy atom. The highest BCUT2D eigenvalue weighted by molar-refractivity contribution is 6.35. The Balaban J connectivity index is 1.13. The predicted octanol–water partition coefficient (Wildman–Crippen LogP) is 4.90. The van der Waals surface area contributed by atoms with Crippen LogP contribution in [0.3, 0.4) is 0 Å². The minimum atomic E-state index is -0.305. The van der Waals surface area contributed by atoms with Crippen molar-refractivity contribution in [2.75, 3.05) is 0 Å². The van der Waals surface area contributed by atoms with Crippen LogP contribution in [0.15, 0.2) is 12.5 Å². The van der Waals surface area contributed by atoms with Gasteiger partial charge in [0, 0.05) is 5.41 Å². The molecule has 0 unspecified atom stereocenters. The highest BCUT2D eigenvalue weighted by Gasteiger charge is 2.62. The van der Waals surface area contributed by atoms with Crippen molar-refractivity contribution in [1.82, 2.24) is 34.5 Å². The normalized spacial score (nSPS) is 38.7. The van der Waals surface area contributed by atoms with Crippen LogP contribution in [0.4, 0.5) is 0 Å². The molecule has 0 amide bonds. The molecule has 4 fully saturated rings. The van der Waals surface area contributed by atoms with Gasteiger partial charge < -0.3 is 9.67 Å². The van der Waals surface area contributed by atoms with Crippen LogP contribution in [0.5, 0.6) is 0 Å². The monoisotopic (exact) mass is 557 g/mol. The second kappa shape index (κ2) is 8.70. The predicted molar refractivity (Wildman–Crippen MR) is 142 cm³/mol. The van der Waals surface area contributed by atoms with Crippen LogP contribution >= 0.6 is 23.2 Å². The van der Waals surface area contributed by atoms with E-state index in [0.717, 1.165) is 44.2 Å². The lowest BCUT2D eigenvalue weighted by Gasteiger charge is -2.60. The summed E-state index contributed by atoms with van der Waals surface area (Å²) < 4.78 is 3.60. The number of aromatic nitrogens is 7. The lowest BCUT2D eigenvalue weighted by molar-refractivity contribution is -0.143. The number of carbonyl (C=O) groups is 1. The molecule has 0 radical (unpaired) electrons. The summed E-state index contributed by atoms with van der Waals surface area (Å²) in [5, 5.41) is 19.4. The standard InChI is InChI=1S/C27H33Cl2N7O2/c1-26-7-5-16(37)9-14(26)3-4-17-18(26)6-8-27(2)19(17)10-20(22(27)38)36-12-15(33-34-36)11-35-13-30-21-23(28)31-25(29)32-24(21)35/h12-14,16-20,37H,3-11H2,1-2H3/t14-,16-,17+,18-,19-,20-,26-,27-/m0/s1. The Hall–Kier alpha value is -2.10. The molecule has 0 bridgehead atoms. The van der Waals surface area contributed by atoms with E-state index in [1.54, 1.807) is 11.0 Å². The van der Waals surface area contributed by atoms with Crippen LogP contribution in [0.1, 0.15) is 76.9 Å². The molecule has 11 heteroatoms. The number of ketones is 1. The van der Waals surface area contributed by atoms with Crippen molar-refractivity contribution in [3.05, 3.63) is 28.7 Å². The second-order valence-electron chi connectivity index (χ2n) is 12.7. The van der Waals surface area contributed by atoms with Crippen molar-refractivity contribution in [2.45, 2.75) is 83.9 Å². The fourth-order valence-corrected chi connectivity index (χ4v) is 9.39. The third-order valence-corrected chi connectivity index (χ3v) is 11.4. The first-order valence-electron chi connectivity index (χ1n) is 13.8. The van der Waals surface area contributed by atoms with E-state index in [4.69, 9.17) is 23.2 Å². The highest BCUT2D eigenvalue weighted by Crippen LogP contribution is 2.66. The molecule has 4 aliphatic carbocycles. The Morgan fingerprint density at radius 1 is 1.08 bits per heavy atom. The highest BCUT2D eigenvalue weighted by atomic mass is 35.5. The fraction of sp³-hybridized carbons (Fsp3) is 0.704. The topological polar surface area (TPSA) is 112 Å². The molecule has 0 spiro atoms. The van der Waals surface area contributed by atoms with Gasteiger partial charge >= 0.3 is 0 Å². The molecule has 0 saturated heterocycles. The lowest BCUT2D eigenvalue weighted by atomic mass is 9.45. The molecule has 4 saturated carbocycles. The smallest absolute Gasteiger partial charge is 0.225 e. The summed E-state index contributed by atoms with van der Waals surface area (Å²) in [6, 6.07) is -0.283. The molecule has 3 aromatic heterocycles. The summed E-state index contributed by atoms with van der Waals surface area (Å²) in [6.45, 7) is 5.07. The van der Waals surface area contributed by atoms with Crippen LogP contribution in [0, 0.1) is 34.5 Å². The summed E-state index contributed by atoms with van der Waals surface area (Å²) in [5.41, 5.74) is 1.71. The van der Waals surface area contributed by atoms with Crippen LogP contribution < -0.4 is 0 Å². The lowest BCUT2D eigenvalue weighted by Crippen LogP contribution is -2.54. The maximum atomic E-state index is 13.9. The molecule has 8 atom stereocenters. The van der Waals surface area contributed by atoms with Gasteiger partial charge in [0.05, 0.1) is 25.2 Å². The zero-order valence-corrected chi connectivity index (χ0v) is 23.2. The number of halogens is 2. The first-order valence-corrected chi connectivity index (χ1v) is 14.6. The zero-order chi connectivity index (χ0) is 26.4. The van der Waals surface area contributed by atoms with Crippen LogP contribution in [0.2, 0.25) is 10.4 Å². The second-order valence-corrected chi connectivity index (χ2v) is 13.4. The quantitative estimate of drug-likeness (QED) is 0.360. The number of aliphatic hydroxyl groups is 1. The van der Waals surface area contributed by atoms with Gasteiger partial charge in [0.15, 0.2) is 16.6 Å². The molecule has 9 nitrogen and oxygen atoms in total. The third kappa shape index (κ3) is 3.60. The third-order valence-electron chi connectivity index (χ3n) is 11.0. The van der Waals surface area contributed by atoms with Gasteiger partial charge in [-0.15, -0.1) is 5.10 Å². The Kier molecular flexibility index (Phi) is 5.70.